The van der Waals surface area contributed by atoms with Crippen molar-refractivity contribution in [2.45, 2.75) is 84.1 Å². The number of thiophene rings is 1. The highest BCUT2D eigenvalue weighted by Gasteiger charge is 2.35. The van der Waals surface area contributed by atoms with E-state index in [-0.39, 0.29) is 30.2 Å². The number of benzene rings is 2. The lowest BCUT2D eigenvalue weighted by atomic mass is 9.91. The molecular formula is C39H46N4O4S. The molecule has 8 nitrogen and oxygen atoms in total. The van der Waals surface area contributed by atoms with Crippen molar-refractivity contribution in [1.82, 2.24) is 20.2 Å². The first-order valence-electron chi connectivity index (χ1n) is 16.9. The number of carbonyl (C=O) groups excluding carboxylic acids is 2. The lowest BCUT2D eigenvalue weighted by molar-refractivity contribution is -0.141. The quantitative estimate of drug-likeness (QED) is 0.160. The third kappa shape index (κ3) is 8.37. The molecule has 1 unspecified atom stereocenters. The van der Waals surface area contributed by atoms with Gasteiger partial charge in [-0.05, 0) is 59.4 Å². The number of aliphatic carboxylic acids is 1. The first-order chi connectivity index (χ1) is 23.0. The van der Waals surface area contributed by atoms with Gasteiger partial charge in [-0.2, -0.15) is 0 Å². The van der Waals surface area contributed by atoms with Crippen LogP contribution in [0.4, 0.5) is 0 Å². The summed E-state index contributed by atoms with van der Waals surface area (Å²) in [4.78, 5) is 51.1. The summed E-state index contributed by atoms with van der Waals surface area (Å²) in [5.74, 6) is -0.903. The van der Waals surface area contributed by atoms with Crippen LogP contribution in [0.25, 0.3) is 22.5 Å². The highest BCUT2D eigenvalue weighted by molar-refractivity contribution is 7.14. The lowest BCUT2D eigenvalue weighted by Crippen LogP contribution is -2.49. The van der Waals surface area contributed by atoms with E-state index in [9.17, 15) is 19.5 Å². The maximum absolute atomic E-state index is 13.7. The Labute approximate surface area is 287 Å². The average Bonchev–Trinajstić information content (AvgIpc) is 3.79. The smallest absolute Gasteiger partial charge is 0.308 e. The van der Waals surface area contributed by atoms with Crippen LogP contribution in [0.15, 0.2) is 73.1 Å². The van der Waals surface area contributed by atoms with Gasteiger partial charge >= 0.3 is 5.97 Å². The normalized spacial score (nSPS) is 16.0. The summed E-state index contributed by atoms with van der Waals surface area (Å²) < 4.78 is 0. The fourth-order valence-electron chi connectivity index (χ4n) is 6.23. The monoisotopic (exact) mass is 666 g/mol. The molecule has 4 aromatic rings. The molecule has 2 aromatic heterocycles. The van der Waals surface area contributed by atoms with E-state index in [1.807, 2.05) is 42.7 Å². The van der Waals surface area contributed by atoms with Gasteiger partial charge in [0.05, 0.1) is 10.8 Å². The minimum Gasteiger partial charge on any atom is -0.481 e. The summed E-state index contributed by atoms with van der Waals surface area (Å²) in [6, 6.07) is 19.3. The predicted molar refractivity (Wildman–Crippen MR) is 191 cm³/mol. The van der Waals surface area contributed by atoms with Crippen molar-refractivity contribution < 1.29 is 19.5 Å². The van der Waals surface area contributed by atoms with Gasteiger partial charge in [0.15, 0.2) is 5.82 Å². The number of rotatable bonds is 12. The molecule has 9 heteroatoms. The number of carbonyl (C=O) groups is 3. The second kappa shape index (κ2) is 15.2. The molecule has 1 aliphatic heterocycles. The second-order valence-electron chi connectivity index (χ2n) is 13.8. The number of hydrogen-bond donors (Lipinski definition) is 2. The Bertz CT molecular complexity index is 1710. The molecule has 5 rings (SSSR count). The van der Waals surface area contributed by atoms with E-state index in [0.717, 1.165) is 33.6 Å². The molecule has 2 aromatic carbocycles. The number of likely N-dealkylation sites (tertiary alicyclic amines) is 1. The van der Waals surface area contributed by atoms with Crippen LogP contribution < -0.4 is 5.32 Å². The first-order valence-corrected chi connectivity index (χ1v) is 17.7. The second-order valence-corrected chi connectivity index (χ2v) is 14.8. The SMILES string of the molecule is CCCC(CC)c1ccc(-c2cnc(-c3ccc(C[C@H](NC(=O)c4ccc(C(C)(C)C)s4)C(=O)N4CC[C@H](C(=O)O)C4)cc3)nc2)cc1. The zero-order valence-corrected chi connectivity index (χ0v) is 29.3. The van der Waals surface area contributed by atoms with E-state index in [1.165, 1.54) is 29.7 Å². The average molecular weight is 667 g/mol. The Morgan fingerprint density at radius 2 is 1.60 bits per heavy atom. The van der Waals surface area contributed by atoms with Crippen LogP contribution in [0.5, 0.6) is 0 Å². The van der Waals surface area contributed by atoms with Crippen LogP contribution in [0.1, 0.15) is 91.9 Å². The fraction of sp³-hybridized carbons (Fsp3) is 0.410. The molecule has 1 aliphatic rings. The molecule has 2 amide bonds. The van der Waals surface area contributed by atoms with Gasteiger partial charge in [-0.15, -0.1) is 11.3 Å². The number of hydrogen-bond acceptors (Lipinski definition) is 6. The number of carboxylic acid groups (broad SMARTS) is 1. The molecule has 0 spiro atoms. The molecule has 3 atom stereocenters. The van der Waals surface area contributed by atoms with Gasteiger partial charge in [0.25, 0.3) is 5.91 Å². The van der Waals surface area contributed by atoms with Crippen molar-refractivity contribution in [3.8, 4) is 22.5 Å². The standard InChI is InChI=1S/C39H46N4O4S/c1-6-8-26(7-2)27-13-15-28(16-14-27)31-22-40-35(41-23-31)29-11-9-25(10-12-29)21-32(37(45)43-20-19-30(24-43)38(46)47)42-36(44)33-17-18-34(48-33)39(3,4)5/h9-18,22-23,26,30,32H,6-8,19-21,24H2,1-5H3,(H,42,44)(H,46,47)/t26?,30-,32-/m0/s1. The summed E-state index contributed by atoms with van der Waals surface area (Å²) in [6.07, 6.45) is 7.85. The minimum absolute atomic E-state index is 0.0937. The number of carboxylic acids is 1. The highest BCUT2D eigenvalue weighted by atomic mass is 32.1. The van der Waals surface area contributed by atoms with Crippen LogP contribution in [0.3, 0.4) is 0 Å². The maximum Gasteiger partial charge on any atom is 0.308 e. The van der Waals surface area contributed by atoms with Crippen LogP contribution in [0, 0.1) is 5.92 Å². The highest BCUT2D eigenvalue weighted by Crippen LogP contribution is 2.30. The van der Waals surface area contributed by atoms with Crippen molar-refractivity contribution in [2.75, 3.05) is 13.1 Å². The lowest BCUT2D eigenvalue weighted by Gasteiger charge is -2.24. The van der Waals surface area contributed by atoms with Gasteiger partial charge in [-0.1, -0.05) is 89.6 Å². The number of aromatic nitrogens is 2. The molecule has 1 saturated heterocycles. The topological polar surface area (TPSA) is 112 Å². The zero-order chi connectivity index (χ0) is 34.4. The van der Waals surface area contributed by atoms with Gasteiger partial charge < -0.3 is 15.3 Å². The number of amides is 2. The van der Waals surface area contributed by atoms with Crippen molar-refractivity contribution in [3.05, 3.63) is 93.9 Å². The summed E-state index contributed by atoms with van der Waals surface area (Å²) in [6.45, 7) is 11.2. The maximum atomic E-state index is 13.7. The summed E-state index contributed by atoms with van der Waals surface area (Å²) in [5, 5.41) is 12.4. The third-order valence-corrected chi connectivity index (χ3v) is 10.7. The van der Waals surface area contributed by atoms with Crippen LogP contribution in [-0.4, -0.2) is 56.9 Å². The van der Waals surface area contributed by atoms with E-state index < -0.39 is 17.9 Å². The van der Waals surface area contributed by atoms with Crippen molar-refractivity contribution in [1.29, 1.82) is 0 Å². The Kier molecular flexibility index (Phi) is 11.1. The van der Waals surface area contributed by atoms with Gasteiger partial charge in [-0.25, -0.2) is 9.97 Å². The predicted octanol–water partition coefficient (Wildman–Crippen LogP) is 7.74. The van der Waals surface area contributed by atoms with Crippen LogP contribution >= 0.6 is 11.3 Å². The van der Waals surface area contributed by atoms with E-state index in [4.69, 9.17) is 0 Å². The summed E-state index contributed by atoms with van der Waals surface area (Å²) in [7, 11) is 0. The molecule has 252 valence electrons. The third-order valence-electron chi connectivity index (χ3n) is 9.17. The van der Waals surface area contributed by atoms with Gasteiger partial charge in [0, 0.05) is 47.9 Å². The van der Waals surface area contributed by atoms with E-state index in [2.05, 4.69) is 74.2 Å². The number of nitrogens with one attached hydrogen (secondary N) is 1. The van der Waals surface area contributed by atoms with Crippen molar-refractivity contribution >= 4 is 29.1 Å². The van der Waals surface area contributed by atoms with Crippen LogP contribution in [-0.2, 0) is 21.4 Å². The molecular weight excluding hydrogens is 621 g/mol. The fourth-order valence-corrected chi connectivity index (χ4v) is 7.20. The zero-order valence-electron chi connectivity index (χ0n) is 28.5. The Balaban J connectivity index is 1.29. The summed E-state index contributed by atoms with van der Waals surface area (Å²) >= 11 is 1.42. The van der Waals surface area contributed by atoms with Crippen LogP contribution in [0.2, 0.25) is 0 Å². The van der Waals surface area contributed by atoms with Gasteiger partial charge in [0.2, 0.25) is 5.91 Å². The van der Waals surface area contributed by atoms with E-state index >= 15 is 0 Å². The Morgan fingerprint density at radius 3 is 2.17 bits per heavy atom. The molecule has 0 radical (unpaired) electrons. The van der Waals surface area contributed by atoms with E-state index in [0.29, 0.717) is 29.6 Å². The Hall–Kier alpha value is -4.37. The Morgan fingerprint density at radius 1 is 0.938 bits per heavy atom. The number of nitrogens with zero attached hydrogens (tertiary/aromatic N) is 3. The molecule has 2 N–H and O–H groups in total. The van der Waals surface area contributed by atoms with Crippen molar-refractivity contribution in [2.24, 2.45) is 5.92 Å². The molecule has 3 heterocycles. The first kappa shape index (κ1) is 35.0. The van der Waals surface area contributed by atoms with Gasteiger partial charge in [-0.3, -0.25) is 14.4 Å². The van der Waals surface area contributed by atoms with Crippen molar-refractivity contribution in [3.63, 3.8) is 0 Å². The van der Waals surface area contributed by atoms with E-state index in [1.54, 1.807) is 11.0 Å². The molecule has 0 bridgehead atoms. The molecule has 1 fully saturated rings. The largest absolute Gasteiger partial charge is 0.481 e. The molecule has 0 aliphatic carbocycles. The molecule has 0 saturated carbocycles. The summed E-state index contributed by atoms with van der Waals surface area (Å²) in [5.41, 5.74) is 5.01. The molecule has 48 heavy (non-hydrogen) atoms. The minimum atomic E-state index is -0.907. The van der Waals surface area contributed by atoms with Gasteiger partial charge in [0.1, 0.15) is 6.04 Å².